The number of benzene rings is 3. The zero-order valence-corrected chi connectivity index (χ0v) is 15.9. The summed E-state index contributed by atoms with van der Waals surface area (Å²) in [4.78, 5) is 25.3. The van der Waals surface area contributed by atoms with Crippen LogP contribution in [0.5, 0.6) is 0 Å². The Kier molecular flexibility index (Phi) is 6.13. The summed E-state index contributed by atoms with van der Waals surface area (Å²) in [6.45, 7) is -0.834. The first-order chi connectivity index (χ1) is 13.5. The number of ketones is 2. The van der Waals surface area contributed by atoms with Crippen LogP contribution in [0, 0.1) is 0 Å². The molecule has 3 rings (SSSR count). The minimum absolute atomic E-state index is 0.0386. The lowest BCUT2D eigenvalue weighted by Gasteiger charge is -2.21. The maximum atomic E-state index is 13.1. The first-order valence-electron chi connectivity index (χ1n) is 8.70. The van der Waals surface area contributed by atoms with Crippen molar-refractivity contribution in [3.05, 3.63) is 102 Å². The molecule has 0 saturated heterocycles. The van der Waals surface area contributed by atoms with E-state index < -0.39 is 23.1 Å². The largest absolute Gasteiger partial charge is 0.293 e. The molecule has 0 bridgehead atoms. The summed E-state index contributed by atoms with van der Waals surface area (Å²) < 4.78 is 27.1. The van der Waals surface area contributed by atoms with Gasteiger partial charge in [-0.05, 0) is 12.1 Å². The van der Waals surface area contributed by atoms with E-state index >= 15 is 0 Å². The minimum Gasteiger partial charge on any atom is -0.293 e. The summed E-state index contributed by atoms with van der Waals surface area (Å²) in [7, 11) is -4.02. The number of carbonyl (C=O) groups excluding carboxylic acids is 2. The Labute approximate surface area is 164 Å². The van der Waals surface area contributed by atoms with Crippen LogP contribution in [0.25, 0.3) is 0 Å². The molecule has 0 unspecified atom stereocenters. The topological polar surface area (TPSA) is 71.5 Å². The Hall–Kier alpha value is -3.09. The molecule has 0 saturated carbocycles. The standard InChI is InChI=1S/C22H19NO4S/c24-21(18-10-4-1-5-11-18)16-23(17-22(25)19-12-6-2-7-13-19)28(26,27)20-14-8-3-9-15-20/h1-15H,16-17H2. The van der Waals surface area contributed by atoms with E-state index in [1.165, 1.54) is 12.1 Å². The lowest BCUT2D eigenvalue weighted by atomic mass is 10.1. The van der Waals surface area contributed by atoms with Gasteiger partial charge in [-0.3, -0.25) is 9.59 Å². The normalized spacial score (nSPS) is 11.3. The molecule has 142 valence electrons. The minimum atomic E-state index is -4.02. The van der Waals surface area contributed by atoms with Crippen LogP contribution in [-0.2, 0) is 10.0 Å². The second-order valence-electron chi connectivity index (χ2n) is 6.16. The molecule has 3 aromatic rings. The van der Waals surface area contributed by atoms with Gasteiger partial charge in [-0.2, -0.15) is 4.31 Å². The highest BCUT2D eigenvalue weighted by Gasteiger charge is 2.29. The van der Waals surface area contributed by atoms with Crippen molar-refractivity contribution in [2.75, 3.05) is 13.1 Å². The fourth-order valence-corrected chi connectivity index (χ4v) is 4.09. The van der Waals surface area contributed by atoms with Crippen LogP contribution < -0.4 is 0 Å². The number of hydrogen-bond donors (Lipinski definition) is 0. The number of hydrogen-bond acceptors (Lipinski definition) is 4. The molecule has 0 aromatic heterocycles. The molecular weight excluding hydrogens is 374 g/mol. The number of sulfonamides is 1. The van der Waals surface area contributed by atoms with Gasteiger partial charge in [0, 0.05) is 11.1 Å². The second kappa shape index (κ2) is 8.73. The summed E-state index contributed by atoms with van der Waals surface area (Å²) in [6.07, 6.45) is 0. The third kappa shape index (κ3) is 4.60. The monoisotopic (exact) mass is 393 g/mol. The van der Waals surface area contributed by atoms with E-state index in [4.69, 9.17) is 0 Å². The Morgan fingerprint density at radius 2 is 0.964 bits per heavy atom. The SMILES string of the molecule is O=C(CN(CC(=O)c1ccccc1)S(=O)(=O)c1ccccc1)c1ccccc1. The van der Waals surface area contributed by atoms with Gasteiger partial charge in [0.1, 0.15) is 0 Å². The van der Waals surface area contributed by atoms with E-state index in [0.29, 0.717) is 11.1 Å². The number of carbonyl (C=O) groups is 2. The van der Waals surface area contributed by atoms with Crippen molar-refractivity contribution in [2.24, 2.45) is 0 Å². The van der Waals surface area contributed by atoms with Crippen molar-refractivity contribution in [2.45, 2.75) is 4.90 Å². The second-order valence-corrected chi connectivity index (χ2v) is 8.10. The predicted molar refractivity (Wildman–Crippen MR) is 107 cm³/mol. The molecule has 28 heavy (non-hydrogen) atoms. The zero-order valence-electron chi connectivity index (χ0n) is 15.1. The highest BCUT2D eigenvalue weighted by atomic mass is 32.2. The van der Waals surface area contributed by atoms with Gasteiger partial charge in [0.05, 0.1) is 18.0 Å². The average Bonchev–Trinajstić information content (AvgIpc) is 2.75. The van der Waals surface area contributed by atoms with Crippen LogP contribution in [0.2, 0.25) is 0 Å². The average molecular weight is 393 g/mol. The van der Waals surface area contributed by atoms with Crippen LogP contribution in [-0.4, -0.2) is 37.4 Å². The molecule has 0 aliphatic heterocycles. The predicted octanol–water partition coefficient (Wildman–Crippen LogP) is 3.44. The van der Waals surface area contributed by atoms with Gasteiger partial charge in [0.2, 0.25) is 10.0 Å². The fourth-order valence-electron chi connectivity index (χ4n) is 2.72. The molecule has 3 aromatic carbocycles. The molecule has 0 aliphatic carbocycles. The van der Waals surface area contributed by atoms with Crippen molar-refractivity contribution < 1.29 is 18.0 Å². The van der Waals surface area contributed by atoms with Crippen molar-refractivity contribution >= 4 is 21.6 Å². The zero-order chi connectivity index (χ0) is 20.0. The summed E-state index contributed by atoms with van der Waals surface area (Å²) >= 11 is 0. The Morgan fingerprint density at radius 3 is 1.36 bits per heavy atom. The number of Topliss-reactive ketones (excluding diaryl/α,β-unsaturated/α-hetero) is 2. The van der Waals surface area contributed by atoms with Crippen LogP contribution in [0.4, 0.5) is 0 Å². The third-order valence-electron chi connectivity index (χ3n) is 4.21. The molecule has 0 spiro atoms. The molecule has 6 heteroatoms. The maximum absolute atomic E-state index is 13.1. The van der Waals surface area contributed by atoms with Gasteiger partial charge in [-0.15, -0.1) is 0 Å². The van der Waals surface area contributed by atoms with Crippen LogP contribution in [0.1, 0.15) is 20.7 Å². The van der Waals surface area contributed by atoms with Crippen molar-refractivity contribution in [3.8, 4) is 0 Å². The Morgan fingerprint density at radius 1 is 0.607 bits per heavy atom. The van der Waals surface area contributed by atoms with E-state index in [2.05, 4.69) is 0 Å². The molecule has 0 radical (unpaired) electrons. The Bertz CT molecular complexity index is 996. The quantitative estimate of drug-likeness (QED) is 0.550. The molecule has 0 N–H and O–H groups in total. The van der Waals surface area contributed by atoms with E-state index in [0.717, 1.165) is 4.31 Å². The smallest absolute Gasteiger partial charge is 0.243 e. The van der Waals surface area contributed by atoms with E-state index in [9.17, 15) is 18.0 Å². The highest BCUT2D eigenvalue weighted by Crippen LogP contribution is 2.17. The number of rotatable bonds is 8. The van der Waals surface area contributed by atoms with Gasteiger partial charge in [0.15, 0.2) is 11.6 Å². The molecule has 0 fully saturated rings. The molecule has 5 nitrogen and oxygen atoms in total. The molecule has 0 atom stereocenters. The molecule has 0 heterocycles. The molecule has 0 amide bonds. The lowest BCUT2D eigenvalue weighted by molar-refractivity contribution is 0.0927. The van der Waals surface area contributed by atoms with Gasteiger partial charge in [-0.25, -0.2) is 8.42 Å². The lowest BCUT2D eigenvalue weighted by Crippen LogP contribution is -2.39. The van der Waals surface area contributed by atoms with Crippen molar-refractivity contribution in [1.82, 2.24) is 4.31 Å². The third-order valence-corrected chi connectivity index (χ3v) is 6.02. The van der Waals surface area contributed by atoms with E-state index in [-0.39, 0.29) is 16.5 Å². The summed E-state index contributed by atoms with van der Waals surface area (Å²) in [6, 6.07) is 24.6. The highest BCUT2D eigenvalue weighted by molar-refractivity contribution is 7.89. The van der Waals surface area contributed by atoms with Gasteiger partial charge >= 0.3 is 0 Å². The van der Waals surface area contributed by atoms with E-state index in [1.54, 1.807) is 78.9 Å². The first-order valence-corrected chi connectivity index (χ1v) is 10.1. The Balaban J connectivity index is 1.92. The summed E-state index contributed by atoms with van der Waals surface area (Å²) in [5, 5.41) is 0. The summed E-state index contributed by atoms with van der Waals surface area (Å²) in [5.74, 6) is -0.748. The summed E-state index contributed by atoms with van der Waals surface area (Å²) in [5.41, 5.74) is 0.783. The number of nitrogens with zero attached hydrogens (tertiary/aromatic N) is 1. The van der Waals surface area contributed by atoms with Crippen molar-refractivity contribution in [1.29, 1.82) is 0 Å². The van der Waals surface area contributed by atoms with Gasteiger partial charge < -0.3 is 0 Å². The maximum Gasteiger partial charge on any atom is 0.243 e. The van der Waals surface area contributed by atoms with Crippen LogP contribution in [0.3, 0.4) is 0 Å². The van der Waals surface area contributed by atoms with Crippen LogP contribution >= 0.6 is 0 Å². The van der Waals surface area contributed by atoms with E-state index in [1.807, 2.05) is 0 Å². The van der Waals surface area contributed by atoms with Gasteiger partial charge in [0.25, 0.3) is 0 Å². The van der Waals surface area contributed by atoms with Gasteiger partial charge in [-0.1, -0.05) is 78.9 Å². The fraction of sp³-hybridized carbons (Fsp3) is 0.0909. The molecule has 0 aliphatic rings. The molecular formula is C22H19NO4S. The first kappa shape index (κ1) is 19.7. The van der Waals surface area contributed by atoms with Crippen molar-refractivity contribution in [3.63, 3.8) is 0 Å². The van der Waals surface area contributed by atoms with Crippen LogP contribution in [0.15, 0.2) is 95.9 Å².